The highest BCUT2D eigenvalue weighted by molar-refractivity contribution is 6.03. The van der Waals surface area contributed by atoms with Crippen molar-refractivity contribution in [2.24, 2.45) is 5.73 Å². The predicted octanol–water partition coefficient (Wildman–Crippen LogP) is 1.24. The van der Waals surface area contributed by atoms with Gasteiger partial charge in [0.15, 0.2) is 5.69 Å². The summed E-state index contributed by atoms with van der Waals surface area (Å²) in [4.78, 5) is 11.8. The van der Waals surface area contributed by atoms with Crippen LogP contribution >= 0.6 is 0 Å². The maximum atomic E-state index is 11.8. The Morgan fingerprint density at radius 3 is 2.94 bits per heavy atom. The van der Waals surface area contributed by atoms with Crippen molar-refractivity contribution >= 4 is 11.6 Å². The van der Waals surface area contributed by atoms with Gasteiger partial charge in [-0.05, 0) is 12.1 Å². The van der Waals surface area contributed by atoms with E-state index in [-0.39, 0.29) is 18.1 Å². The summed E-state index contributed by atoms with van der Waals surface area (Å²) in [7, 11) is 0. The first-order chi connectivity index (χ1) is 8.81. The molecule has 0 saturated carbocycles. The van der Waals surface area contributed by atoms with Crippen LogP contribution in [0.1, 0.15) is 16.1 Å². The molecule has 0 saturated heterocycles. The van der Waals surface area contributed by atoms with Crippen LogP contribution in [0.3, 0.4) is 0 Å². The molecule has 5 nitrogen and oxygen atoms in total. The van der Waals surface area contributed by atoms with Gasteiger partial charge in [-0.25, -0.2) is 0 Å². The molecule has 0 aliphatic heterocycles. The molecular weight excluding hydrogens is 230 g/mol. The van der Waals surface area contributed by atoms with Gasteiger partial charge in [0, 0.05) is 11.6 Å². The topological polar surface area (TPSA) is 81.1 Å². The number of benzene rings is 1. The summed E-state index contributed by atoms with van der Waals surface area (Å²) in [5.74, 6) is 5.29. The number of anilines is 1. The van der Waals surface area contributed by atoms with E-state index in [1.54, 1.807) is 12.1 Å². The van der Waals surface area contributed by atoms with Crippen LogP contribution in [-0.4, -0.2) is 17.6 Å². The van der Waals surface area contributed by atoms with Crippen LogP contribution in [0.5, 0.6) is 0 Å². The zero-order valence-corrected chi connectivity index (χ0v) is 9.51. The first-order valence-corrected chi connectivity index (χ1v) is 5.31. The molecule has 2 rings (SSSR count). The van der Waals surface area contributed by atoms with Crippen LogP contribution in [0.4, 0.5) is 5.69 Å². The Labute approximate surface area is 104 Å². The second kappa shape index (κ2) is 5.66. The van der Waals surface area contributed by atoms with Gasteiger partial charge in [-0.15, -0.1) is 0 Å². The lowest BCUT2D eigenvalue weighted by Gasteiger charge is -2.05. The Hall–Kier alpha value is -2.58. The van der Waals surface area contributed by atoms with E-state index in [0.29, 0.717) is 11.3 Å². The molecule has 1 amide bonds. The fourth-order valence-corrected chi connectivity index (χ4v) is 1.36. The first-order valence-electron chi connectivity index (χ1n) is 5.31. The van der Waals surface area contributed by atoms with Gasteiger partial charge >= 0.3 is 0 Å². The molecule has 1 aromatic heterocycles. The third-order valence-corrected chi connectivity index (χ3v) is 2.17. The largest absolute Gasteiger partial charge is 0.364 e. The molecule has 0 aliphatic carbocycles. The number of amides is 1. The maximum absolute atomic E-state index is 11.8. The van der Waals surface area contributed by atoms with Crippen molar-refractivity contribution in [2.45, 2.75) is 0 Å². The van der Waals surface area contributed by atoms with Gasteiger partial charge < -0.3 is 15.6 Å². The third-order valence-electron chi connectivity index (χ3n) is 2.17. The smallest absolute Gasteiger partial charge is 0.277 e. The van der Waals surface area contributed by atoms with E-state index >= 15 is 0 Å². The quantitative estimate of drug-likeness (QED) is 0.775. The molecule has 5 heteroatoms. The van der Waals surface area contributed by atoms with Crippen LogP contribution in [-0.2, 0) is 0 Å². The molecule has 0 aliphatic rings. The number of nitrogens with zero attached hydrogens (tertiary/aromatic N) is 1. The lowest BCUT2D eigenvalue weighted by molar-refractivity contribution is 0.101. The van der Waals surface area contributed by atoms with Crippen LogP contribution in [0.15, 0.2) is 41.1 Å². The molecule has 0 bridgehead atoms. The molecule has 3 N–H and O–H groups in total. The Morgan fingerprint density at radius 1 is 1.39 bits per heavy atom. The molecule has 0 fully saturated rings. The van der Waals surface area contributed by atoms with Crippen molar-refractivity contribution in [1.82, 2.24) is 5.16 Å². The number of nitrogens with one attached hydrogen (secondary N) is 1. The fourth-order valence-electron chi connectivity index (χ4n) is 1.36. The molecule has 90 valence electrons. The number of aromatic nitrogens is 1. The first kappa shape index (κ1) is 11.9. The molecule has 0 atom stereocenters. The van der Waals surface area contributed by atoms with Gasteiger partial charge in [0.25, 0.3) is 5.91 Å². The van der Waals surface area contributed by atoms with E-state index in [9.17, 15) is 4.79 Å². The summed E-state index contributed by atoms with van der Waals surface area (Å²) < 4.78 is 4.61. The fraction of sp³-hybridized carbons (Fsp3) is 0.0769. The van der Waals surface area contributed by atoms with Crippen LogP contribution < -0.4 is 11.1 Å². The Kier molecular flexibility index (Phi) is 3.74. The zero-order chi connectivity index (χ0) is 12.8. The van der Waals surface area contributed by atoms with Gasteiger partial charge in [-0.1, -0.05) is 29.1 Å². The monoisotopic (exact) mass is 241 g/mol. The van der Waals surface area contributed by atoms with Crippen molar-refractivity contribution in [3.05, 3.63) is 47.9 Å². The highest BCUT2D eigenvalue weighted by atomic mass is 16.5. The second-order valence-corrected chi connectivity index (χ2v) is 3.39. The molecule has 1 aromatic carbocycles. The molecule has 2 aromatic rings. The predicted molar refractivity (Wildman–Crippen MR) is 66.8 cm³/mol. The minimum Gasteiger partial charge on any atom is -0.364 e. The molecule has 1 heterocycles. The molecule has 0 unspecified atom stereocenters. The Morgan fingerprint density at radius 2 is 2.22 bits per heavy atom. The van der Waals surface area contributed by atoms with Gasteiger partial charge in [0.2, 0.25) is 0 Å². The normalized spacial score (nSPS) is 9.39. The third kappa shape index (κ3) is 2.75. The number of carbonyl (C=O) groups is 1. The van der Waals surface area contributed by atoms with E-state index < -0.39 is 0 Å². The molecule has 18 heavy (non-hydrogen) atoms. The summed E-state index contributed by atoms with van der Waals surface area (Å²) in [5, 5.41) is 6.28. The van der Waals surface area contributed by atoms with E-state index in [2.05, 4.69) is 26.8 Å². The van der Waals surface area contributed by atoms with Gasteiger partial charge in [0.05, 0.1) is 12.2 Å². The number of carbonyl (C=O) groups excluding carboxylic acids is 1. The van der Waals surface area contributed by atoms with Gasteiger partial charge in [-0.2, -0.15) is 0 Å². The van der Waals surface area contributed by atoms with Crippen molar-refractivity contribution in [3.8, 4) is 11.8 Å². The number of para-hydroxylation sites is 1. The Balaban J connectivity index is 2.21. The highest BCUT2D eigenvalue weighted by Gasteiger charge is 2.10. The summed E-state index contributed by atoms with van der Waals surface area (Å²) in [6, 6.07) is 8.71. The second-order valence-electron chi connectivity index (χ2n) is 3.39. The van der Waals surface area contributed by atoms with Crippen LogP contribution in [0, 0.1) is 11.8 Å². The zero-order valence-electron chi connectivity index (χ0n) is 9.51. The van der Waals surface area contributed by atoms with Crippen molar-refractivity contribution in [1.29, 1.82) is 0 Å². The number of hydrogen-bond donors (Lipinski definition) is 2. The van der Waals surface area contributed by atoms with E-state index in [1.165, 1.54) is 12.3 Å². The molecule has 0 spiro atoms. The van der Waals surface area contributed by atoms with Crippen LogP contribution in [0.2, 0.25) is 0 Å². The van der Waals surface area contributed by atoms with Crippen molar-refractivity contribution < 1.29 is 9.32 Å². The minimum atomic E-state index is -0.342. The van der Waals surface area contributed by atoms with E-state index in [4.69, 9.17) is 5.73 Å². The van der Waals surface area contributed by atoms with E-state index in [0.717, 1.165) is 0 Å². The SMILES string of the molecule is NCC#Cc1ccccc1NC(=O)c1ccon1. The maximum Gasteiger partial charge on any atom is 0.277 e. The number of rotatable bonds is 2. The van der Waals surface area contributed by atoms with Gasteiger partial charge in [0.1, 0.15) is 6.26 Å². The lowest BCUT2D eigenvalue weighted by atomic mass is 10.2. The van der Waals surface area contributed by atoms with E-state index in [1.807, 2.05) is 12.1 Å². The lowest BCUT2D eigenvalue weighted by Crippen LogP contribution is -2.13. The molecular formula is C13H11N3O2. The Bertz CT molecular complexity index is 594. The minimum absolute atomic E-state index is 0.219. The summed E-state index contributed by atoms with van der Waals surface area (Å²) in [6.07, 6.45) is 1.34. The molecule has 0 radical (unpaired) electrons. The average molecular weight is 241 g/mol. The van der Waals surface area contributed by atoms with Crippen molar-refractivity contribution in [3.63, 3.8) is 0 Å². The highest BCUT2D eigenvalue weighted by Crippen LogP contribution is 2.14. The summed E-state index contributed by atoms with van der Waals surface area (Å²) in [5.41, 5.74) is 6.87. The summed E-state index contributed by atoms with van der Waals surface area (Å²) >= 11 is 0. The van der Waals surface area contributed by atoms with Crippen LogP contribution in [0.25, 0.3) is 0 Å². The van der Waals surface area contributed by atoms with Gasteiger partial charge in [-0.3, -0.25) is 4.79 Å². The van der Waals surface area contributed by atoms with Crippen molar-refractivity contribution in [2.75, 3.05) is 11.9 Å². The number of nitrogens with two attached hydrogens (primary N) is 1. The average Bonchev–Trinajstić information content (AvgIpc) is 2.91. The standard InChI is InChI=1S/C13H11N3O2/c14-8-3-5-10-4-1-2-6-11(10)15-13(17)12-7-9-18-16-12/h1-2,4,6-7,9H,8,14H2,(H,15,17). The summed E-state index contributed by atoms with van der Waals surface area (Å²) in [6.45, 7) is 0.269. The number of hydrogen-bond acceptors (Lipinski definition) is 4.